The number of nitrogens with zero attached hydrogens (tertiary/aromatic N) is 1. The lowest BCUT2D eigenvalue weighted by Crippen LogP contribution is -2.23. The average molecular weight is 394 g/mol. The van der Waals surface area contributed by atoms with Gasteiger partial charge in [-0.2, -0.15) is 0 Å². The highest BCUT2D eigenvalue weighted by atomic mass is 35.5. The van der Waals surface area contributed by atoms with Gasteiger partial charge in [0.1, 0.15) is 0 Å². The molecule has 6 heteroatoms. The molecule has 3 rings (SSSR count). The van der Waals surface area contributed by atoms with Crippen LogP contribution in [0.15, 0.2) is 60.9 Å². The number of pyridine rings is 1. The number of carbonyl (C=O) groups excluding carboxylic acids is 2. The zero-order chi connectivity index (χ0) is 20.1. The quantitative estimate of drug-likeness (QED) is 0.668. The van der Waals surface area contributed by atoms with Gasteiger partial charge in [-0.1, -0.05) is 23.7 Å². The van der Waals surface area contributed by atoms with Crippen molar-refractivity contribution in [1.29, 1.82) is 0 Å². The van der Waals surface area contributed by atoms with E-state index in [4.69, 9.17) is 11.6 Å². The van der Waals surface area contributed by atoms with Gasteiger partial charge in [0, 0.05) is 30.1 Å². The van der Waals surface area contributed by atoms with Gasteiger partial charge in [-0.3, -0.25) is 14.6 Å². The first kappa shape index (κ1) is 19.6. The third kappa shape index (κ3) is 4.75. The fourth-order valence-corrected chi connectivity index (χ4v) is 3.21. The van der Waals surface area contributed by atoms with Gasteiger partial charge >= 0.3 is 0 Å². The zero-order valence-electron chi connectivity index (χ0n) is 15.6. The van der Waals surface area contributed by atoms with Crippen LogP contribution in [-0.2, 0) is 6.54 Å². The predicted octanol–water partition coefficient (Wildman–Crippen LogP) is 4.53. The molecule has 142 valence electrons. The molecule has 0 aliphatic carbocycles. The van der Waals surface area contributed by atoms with Crippen molar-refractivity contribution in [2.75, 3.05) is 5.32 Å². The minimum Gasteiger partial charge on any atom is -0.348 e. The molecule has 0 atom stereocenters. The summed E-state index contributed by atoms with van der Waals surface area (Å²) in [5.41, 5.74) is 4.21. The number of rotatable bonds is 5. The van der Waals surface area contributed by atoms with E-state index in [1.54, 1.807) is 42.7 Å². The monoisotopic (exact) mass is 393 g/mol. The van der Waals surface area contributed by atoms with E-state index >= 15 is 0 Å². The summed E-state index contributed by atoms with van der Waals surface area (Å²) in [7, 11) is 0. The highest BCUT2D eigenvalue weighted by molar-refractivity contribution is 6.34. The Labute approximate surface area is 168 Å². The summed E-state index contributed by atoms with van der Waals surface area (Å²) in [5, 5.41) is 6.16. The van der Waals surface area contributed by atoms with Crippen molar-refractivity contribution in [2.45, 2.75) is 20.4 Å². The van der Waals surface area contributed by atoms with Crippen molar-refractivity contribution >= 4 is 29.1 Å². The van der Waals surface area contributed by atoms with Crippen molar-refractivity contribution in [3.63, 3.8) is 0 Å². The summed E-state index contributed by atoms with van der Waals surface area (Å²) >= 11 is 6.26. The second kappa shape index (κ2) is 8.67. The normalized spacial score (nSPS) is 10.4. The number of aromatic nitrogens is 1. The number of amides is 2. The largest absolute Gasteiger partial charge is 0.348 e. The van der Waals surface area contributed by atoms with Crippen LogP contribution in [0.4, 0.5) is 5.69 Å². The molecule has 0 fully saturated rings. The van der Waals surface area contributed by atoms with Crippen LogP contribution >= 0.6 is 11.6 Å². The topological polar surface area (TPSA) is 71.1 Å². The molecule has 2 N–H and O–H groups in total. The molecule has 5 nitrogen and oxygen atoms in total. The molecule has 0 bridgehead atoms. The number of hydrogen-bond acceptors (Lipinski definition) is 3. The van der Waals surface area contributed by atoms with Crippen molar-refractivity contribution in [2.24, 2.45) is 0 Å². The van der Waals surface area contributed by atoms with Crippen molar-refractivity contribution in [3.05, 3.63) is 93.8 Å². The van der Waals surface area contributed by atoms with E-state index in [0.29, 0.717) is 28.4 Å². The van der Waals surface area contributed by atoms with Crippen molar-refractivity contribution < 1.29 is 9.59 Å². The molecule has 1 heterocycles. The van der Waals surface area contributed by atoms with E-state index in [2.05, 4.69) is 15.6 Å². The van der Waals surface area contributed by atoms with Crippen LogP contribution < -0.4 is 10.6 Å². The molecule has 0 saturated heterocycles. The Balaban J connectivity index is 1.72. The van der Waals surface area contributed by atoms with E-state index in [1.807, 2.05) is 32.0 Å². The first-order valence-corrected chi connectivity index (χ1v) is 9.17. The Hall–Kier alpha value is -3.18. The Morgan fingerprint density at radius 1 is 0.964 bits per heavy atom. The molecule has 0 aliphatic rings. The van der Waals surface area contributed by atoms with Gasteiger partial charge in [0.2, 0.25) is 0 Å². The van der Waals surface area contributed by atoms with Gasteiger partial charge in [0.05, 0.1) is 10.7 Å². The number of nitrogens with one attached hydrogen (secondary N) is 2. The van der Waals surface area contributed by atoms with Crippen LogP contribution in [0.25, 0.3) is 0 Å². The lowest BCUT2D eigenvalue weighted by molar-refractivity contribution is 0.0951. The minimum atomic E-state index is -0.322. The Bertz CT molecular complexity index is 996. The van der Waals surface area contributed by atoms with Crippen LogP contribution in [0.3, 0.4) is 0 Å². The number of carbonyl (C=O) groups is 2. The summed E-state index contributed by atoms with van der Waals surface area (Å²) < 4.78 is 0. The number of hydrogen-bond donors (Lipinski definition) is 2. The summed E-state index contributed by atoms with van der Waals surface area (Å²) in [6.45, 7) is 4.21. The maximum absolute atomic E-state index is 12.6. The van der Waals surface area contributed by atoms with E-state index in [1.165, 1.54) is 0 Å². The number of benzene rings is 2. The smallest absolute Gasteiger partial charge is 0.255 e. The number of halogens is 1. The Kier molecular flexibility index (Phi) is 6.06. The minimum absolute atomic E-state index is 0.254. The van der Waals surface area contributed by atoms with Gasteiger partial charge < -0.3 is 10.6 Å². The second-order valence-electron chi connectivity index (χ2n) is 6.51. The molecule has 0 unspecified atom stereocenters. The molecule has 0 saturated carbocycles. The van der Waals surface area contributed by atoms with Crippen molar-refractivity contribution in [1.82, 2.24) is 10.3 Å². The highest BCUT2D eigenvalue weighted by Gasteiger charge is 2.13. The Morgan fingerprint density at radius 3 is 2.32 bits per heavy atom. The predicted molar refractivity (Wildman–Crippen MR) is 111 cm³/mol. The summed E-state index contributed by atoms with van der Waals surface area (Å²) in [5.74, 6) is -0.575. The lowest BCUT2D eigenvalue weighted by Gasteiger charge is -2.12. The van der Waals surface area contributed by atoms with Crippen molar-refractivity contribution in [3.8, 4) is 0 Å². The number of aryl methyl sites for hydroxylation is 2. The first-order valence-electron chi connectivity index (χ1n) is 8.79. The van der Waals surface area contributed by atoms with E-state index in [0.717, 1.165) is 16.7 Å². The maximum atomic E-state index is 12.6. The second-order valence-corrected chi connectivity index (χ2v) is 6.92. The summed E-state index contributed by atoms with van der Waals surface area (Å²) in [4.78, 5) is 29.0. The van der Waals surface area contributed by atoms with E-state index < -0.39 is 0 Å². The van der Waals surface area contributed by atoms with Gasteiger partial charge in [-0.05, 0) is 66.9 Å². The molecule has 0 aliphatic heterocycles. The number of anilines is 1. The average Bonchev–Trinajstić information content (AvgIpc) is 2.69. The molecule has 2 aromatic carbocycles. The molecule has 0 radical (unpaired) electrons. The third-order valence-corrected chi connectivity index (χ3v) is 4.56. The molecule has 28 heavy (non-hydrogen) atoms. The SMILES string of the molecule is Cc1cc(C)c(NC(=O)c2cccc(C(=O)NCc3ccncc3)c2)c(Cl)c1. The fourth-order valence-electron chi connectivity index (χ4n) is 2.85. The molecular weight excluding hydrogens is 374 g/mol. The van der Waals surface area contributed by atoms with E-state index in [-0.39, 0.29) is 11.8 Å². The van der Waals surface area contributed by atoms with Gasteiger partial charge in [0.25, 0.3) is 11.8 Å². The lowest BCUT2D eigenvalue weighted by atomic mass is 10.1. The maximum Gasteiger partial charge on any atom is 0.255 e. The summed E-state index contributed by atoms with van der Waals surface area (Å²) in [6.07, 6.45) is 3.34. The molecule has 3 aromatic rings. The first-order chi connectivity index (χ1) is 13.4. The van der Waals surface area contributed by atoms with Crippen LogP contribution in [-0.4, -0.2) is 16.8 Å². The molecule has 2 amide bonds. The molecule has 1 aromatic heterocycles. The standard InChI is InChI=1S/C22H20ClN3O2/c1-14-10-15(2)20(19(23)11-14)26-22(28)18-5-3-4-17(12-18)21(27)25-13-16-6-8-24-9-7-16/h3-12H,13H2,1-2H3,(H,25,27)(H,26,28). The molecular formula is C22H20ClN3O2. The highest BCUT2D eigenvalue weighted by Crippen LogP contribution is 2.27. The van der Waals surface area contributed by atoms with E-state index in [9.17, 15) is 9.59 Å². The summed E-state index contributed by atoms with van der Waals surface area (Å²) in [6, 6.07) is 14.0. The van der Waals surface area contributed by atoms with Crippen LogP contribution in [0.5, 0.6) is 0 Å². The zero-order valence-corrected chi connectivity index (χ0v) is 16.4. The third-order valence-electron chi connectivity index (χ3n) is 4.26. The van der Waals surface area contributed by atoms with Crippen LogP contribution in [0.1, 0.15) is 37.4 Å². The molecule has 0 spiro atoms. The van der Waals surface area contributed by atoms with Crippen LogP contribution in [0, 0.1) is 13.8 Å². The Morgan fingerprint density at radius 2 is 1.64 bits per heavy atom. The van der Waals surface area contributed by atoms with Gasteiger partial charge in [-0.25, -0.2) is 0 Å². The van der Waals surface area contributed by atoms with Crippen LogP contribution in [0.2, 0.25) is 5.02 Å². The fraction of sp³-hybridized carbons (Fsp3) is 0.136. The van der Waals surface area contributed by atoms with Gasteiger partial charge in [0.15, 0.2) is 0 Å². The van der Waals surface area contributed by atoms with Gasteiger partial charge in [-0.15, -0.1) is 0 Å².